The van der Waals surface area contributed by atoms with Crippen LogP contribution >= 0.6 is 0 Å². The van der Waals surface area contributed by atoms with Crippen molar-refractivity contribution in [2.24, 2.45) is 0 Å². The van der Waals surface area contributed by atoms with Gasteiger partial charge in [0.15, 0.2) is 0 Å². The van der Waals surface area contributed by atoms with E-state index in [2.05, 4.69) is 49.8 Å². The molecule has 0 radical (unpaired) electrons. The van der Waals surface area contributed by atoms with Crippen LogP contribution < -0.4 is 5.10 Å². The van der Waals surface area contributed by atoms with E-state index in [1.54, 1.807) is 0 Å². The van der Waals surface area contributed by atoms with E-state index in [9.17, 15) is 0 Å². The molecule has 1 aromatic carbocycles. The van der Waals surface area contributed by atoms with Gasteiger partial charge in [0, 0.05) is 28.4 Å². The first-order valence-electron chi connectivity index (χ1n) is 10.3. The molecule has 6 heteroatoms. The third-order valence-electron chi connectivity index (χ3n) is 5.01. The van der Waals surface area contributed by atoms with E-state index < -0.39 is 0 Å². The van der Waals surface area contributed by atoms with Crippen LogP contribution in [0.1, 0.15) is 51.7 Å². The SMILES string of the molecule is CC(C)(C)c1cc(-c2cccc(C(C)(C)c3ccccn3)n2)[n-]n1.[Pt+2].[S-]c1ccccc1. The second-order valence-electron chi connectivity index (χ2n) is 8.93. The van der Waals surface area contributed by atoms with Gasteiger partial charge in [-0.2, -0.15) is 4.90 Å². The van der Waals surface area contributed by atoms with Crippen LogP contribution in [0.2, 0.25) is 0 Å². The smallest absolute Gasteiger partial charge is 0.780 e. The van der Waals surface area contributed by atoms with Crippen LogP contribution in [0.4, 0.5) is 0 Å². The average Bonchev–Trinajstić information content (AvgIpc) is 3.27. The van der Waals surface area contributed by atoms with Gasteiger partial charge in [-0.1, -0.05) is 75.0 Å². The number of hydrogen-bond donors (Lipinski definition) is 0. The Hall–Kier alpha value is -2.36. The van der Waals surface area contributed by atoms with Crippen LogP contribution in [-0.2, 0) is 44.5 Å². The Morgan fingerprint density at radius 3 is 1.94 bits per heavy atom. The molecular weight excluding hydrogens is 595 g/mol. The fourth-order valence-corrected chi connectivity index (χ4v) is 3.15. The number of hydrogen-bond acceptors (Lipinski definition) is 4. The van der Waals surface area contributed by atoms with Crippen LogP contribution in [0.5, 0.6) is 0 Å². The Morgan fingerprint density at radius 1 is 0.750 bits per heavy atom. The van der Waals surface area contributed by atoms with E-state index in [1.165, 1.54) is 0 Å². The van der Waals surface area contributed by atoms with E-state index in [-0.39, 0.29) is 31.9 Å². The van der Waals surface area contributed by atoms with E-state index in [0.29, 0.717) is 0 Å². The summed E-state index contributed by atoms with van der Waals surface area (Å²) in [5.74, 6) is 0. The Balaban J connectivity index is 0.000000388. The Labute approximate surface area is 211 Å². The molecule has 4 nitrogen and oxygen atoms in total. The summed E-state index contributed by atoms with van der Waals surface area (Å²) in [4.78, 5) is 10.2. The number of aromatic nitrogens is 4. The number of pyridine rings is 2. The van der Waals surface area contributed by atoms with Gasteiger partial charge in [-0.25, -0.2) is 0 Å². The van der Waals surface area contributed by atoms with Gasteiger partial charge in [-0.3, -0.25) is 9.97 Å². The number of nitrogens with zero attached hydrogens (tertiary/aromatic N) is 4. The molecule has 0 atom stereocenters. The molecule has 0 spiro atoms. The summed E-state index contributed by atoms with van der Waals surface area (Å²) in [7, 11) is 0. The third kappa shape index (κ3) is 6.57. The normalized spacial score (nSPS) is 11.2. The van der Waals surface area contributed by atoms with Crippen molar-refractivity contribution >= 4 is 12.6 Å². The average molecular weight is 624 g/mol. The van der Waals surface area contributed by atoms with Gasteiger partial charge in [0.25, 0.3) is 0 Å². The number of rotatable bonds is 3. The van der Waals surface area contributed by atoms with Crippen LogP contribution in [0.15, 0.2) is 83.9 Å². The van der Waals surface area contributed by atoms with E-state index in [1.807, 2.05) is 79.0 Å². The molecule has 0 amide bonds. The van der Waals surface area contributed by atoms with Gasteiger partial charge in [0.2, 0.25) is 0 Å². The number of benzene rings is 1. The summed E-state index contributed by atoms with van der Waals surface area (Å²) in [5, 5.41) is 8.63. The molecule has 0 aliphatic heterocycles. The van der Waals surface area contributed by atoms with Gasteiger partial charge >= 0.3 is 21.1 Å². The van der Waals surface area contributed by atoms with Crippen molar-refractivity contribution in [1.82, 2.24) is 20.2 Å². The molecule has 0 bridgehead atoms. The molecule has 0 aliphatic carbocycles. The molecule has 168 valence electrons. The van der Waals surface area contributed by atoms with Crippen LogP contribution in [0, 0.1) is 0 Å². The molecule has 4 aromatic rings. The molecule has 0 unspecified atom stereocenters. The molecule has 0 N–H and O–H groups in total. The molecule has 4 rings (SSSR count). The Bertz CT molecular complexity index is 1100. The maximum atomic E-state index is 4.84. The van der Waals surface area contributed by atoms with Gasteiger partial charge in [0.1, 0.15) is 0 Å². The van der Waals surface area contributed by atoms with E-state index >= 15 is 0 Å². The molecular formula is C26H28N4PtS. The molecule has 0 fully saturated rings. The second-order valence-corrected chi connectivity index (χ2v) is 9.40. The van der Waals surface area contributed by atoms with E-state index in [0.717, 1.165) is 33.4 Å². The van der Waals surface area contributed by atoms with Crippen molar-refractivity contribution in [2.75, 3.05) is 0 Å². The molecule has 0 saturated heterocycles. The zero-order valence-electron chi connectivity index (χ0n) is 19.0. The fraction of sp³-hybridized carbons (Fsp3) is 0.269. The molecule has 32 heavy (non-hydrogen) atoms. The van der Waals surface area contributed by atoms with E-state index in [4.69, 9.17) is 17.6 Å². The Morgan fingerprint density at radius 2 is 1.41 bits per heavy atom. The topological polar surface area (TPSA) is 52.8 Å². The van der Waals surface area contributed by atoms with Gasteiger partial charge in [-0.05, 0) is 38.1 Å². The molecule has 3 aromatic heterocycles. The van der Waals surface area contributed by atoms with Crippen LogP contribution in [-0.4, -0.2) is 15.1 Å². The maximum Gasteiger partial charge on any atom is 2.00 e. The minimum absolute atomic E-state index is 0. The summed E-state index contributed by atoms with van der Waals surface area (Å²) in [6, 6.07) is 23.7. The second kappa shape index (κ2) is 11.0. The minimum atomic E-state index is -0.274. The maximum absolute atomic E-state index is 4.84. The summed E-state index contributed by atoms with van der Waals surface area (Å²) < 4.78 is 0. The Kier molecular flexibility index (Phi) is 8.88. The van der Waals surface area contributed by atoms with Crippen LogP contribution in [0.25, 0.3) is 11.4 Å². The molecule has 3 heterocycles. The standard InChI is InChI=1S/C20H23N4.C6H6S.Pt/c1-19(2,3)18-13-15(23-24-18)14-9-8-11-17(22-14)20(4,5)16-10-6-7-12-21-16;7-6-4-2-1-3-5-6;/h6-13H,1-5H3;1-5,7H;/q-1;;+2/p-1. The first-order chi connectivity index (χ1) is 14.7. The predicted octanol–water partition coefficient (Wildman–Crippen LogP) is 5.71. The first kappa shape index (κ1) is 25.9. The third-order valence-corrected chi connectivity index (χ3v) is 5.28. The van der Waals surface area contributed by atoms with Crippen molar-refractivity contribution in [3.8, 4) is 11.4 Å². The zero-order chi connectivity index (χ0) is 22.5. The van der Waals surface area contributed by atoms with Gasteiger partial charge in [-0.15, -0.1) is 0 Å². The predicted molar refractivity (Wildman–Crippen MR) is 128 cm³/mol. The first-order valence-corrected chi connectivity index (χ1v) is 10.7. The van der Waals surface area contributed by atoms with Crippen molar-refractivity contribution in [1.29, 1.82) is 0 Å². The van der Waals surface area contributed by atoms with Gasteiger partial charge < -0.3 is 22.8 Å². The zero-order valence-corrected chi connectivity index (χ0v) is 22.1. The molecule has 0 aliphatic rings. The van der Waals surface area contributed by atoms with Crippen LogP contribution in [0.3, 0.4) is 0 Å². The monoisotopic (exact) mass is 623 g/mol. The van der Waals surface area contributed by atoms with Gasteiger partial charge in [0.05, 0.1) is 11.4 Å². The summed E-state index contributed by atoms with van der Waals surface area (Å²) in [5.41, 5.74) is 4.32. The van der Waals surface area contributed by atoms with Crippen molar-refractivity contribution in [3.63, 3.8) is 0 Å². The fourth-order valence-electron chi connectivity index (χ4n) is 3.00. The molecule has 0 saturated carbocycles. The summed E-state index contributed by atoms with van der Waals surface area (Å²) >= 11 is 4.81. The summed E-state index contributed by atoms with van der Waals surface area (Å²) in [6.45, 7) is 10.7. The van der Waals surface area contributed by atoms with Crippen molar-refractivity contribution in [2.45, 2.75) is 50.3 Å². The van der Waals surface area contributed by atoms with Crippen molar-refractivity contribution < 1.29 is 21.1 Å². The van der Waals surface area contributed by atoms with Crippen molar-refractivity contribution in [3.05, 3.63) is 96.1 Å². The summed E-state index contributed by atoms with van der Waals surface area (Å²) in [6.07, 6.45) is 1.82. The quantitative estimate of drug-likeness (QED) is 0.274. The largest absolute Gasteiger partial charge is 2.00 e. The minimum Gasteiger partial charge on any atom is -0.780 e.